The maximum atomic E-state index is 14.1. The molecule has 0 spiro atoms. The topological polar surface area (TPSA) is 9.23 Å². The Hall–Kier alpha value is -1.45. The van der Waals surface area contributed by atoms with E-state index in [4.69, 9.17) is 4.74 Å². The van der Waals surface area contributed by atoms with Crippen LogP contribution in [0.25, 0.3) is 0 Å². The average molecular weight is 424 g/mol. The number of methoxy groups -OCH3 is 1. The van der Waals surface area contributed by atoms with Gasteiger partial charge in [0.05, 0.1) is 12.0 Å². The molecule has 10 heteroatoms. The zero-order valence-electron chi connectivity index (χ0n) is 15.8. The Bertz CT molecular complexity index is 672. The third-order valence-electron chi connectivity index (χ3n) is 4.58. The summed E-state index contributed by atoms with van der Waals surface area (Å²) in [6, 6.07) is 5.57. The molecule has 0 saturated carbocycles. The van der Waals surface area contributed by atoms with E-state index in [0.29, 0.717) is 0 Å². The molecular formula is C18H21F9O. The van der Waals surface area contributed by atoms with Crippen molar-refractivity contribution in [1.29, 1.82) is 0 Å². The molecule has 0 amide bonds. The van der Waals surface area contributed by atoms with Crippen molar-refractivity contribution in [3.05, 3.63) is 35.4 Å². The van der Waals surface area contributed by atoms with E-state index in [2.05, 4.69) is 0 Å². The summed E-state index contributed by atoms with van der Waals surface area (Å²) in [4.78, 5) is 0. The molecule has 1 nitrogen and oxygen atoms in total. The normalized spacial score (nSPS) is 16.8. The summed E-state index contributed by atoms with van der Waals surface area (Å²) >= 11 is 0. The van der Waals surface area contributed by atoms with Crippen LogP contribution in [-0.4, -0.2) is 31.1 Å². The predicted octanol–water partition coefficient (Wildman–Crippen LogP) is 6.70. The number of hydrogen-bond acceptors (Lipinski definition) is 1. The van der Waals surface area contributed by atoms with Gasteiger partial charge in [0.1, 0.15) is 0 Å². The first kappa shape index (κ1) is 24.6. The van der Waals surface area contributed by atoms with Gasteiger partial charge in [-0.05, 0) is 23.5 Å². The van der Waals surface area contributed by atoms with Gasteiger partial charge >= 0.3 is 23.9 Å². The zero-order valence-corrected chi connectivity index (χ0v) is 15.8. The molecule has 1 aromatic carbocycles. The molecule has 0 heterocycles. The van der Waals surface area contributed by atoms with Crippen molar-refractivity contribution in [2.75, 3.05) is 7.11 Å². The molecule has 0 bridgehead atoms. The van der Waals surface area contributed by atoms with Crippen molar-refractivity contribution in [2.24, 2.45) is 0 Å². The van der Waals surface area contributed by atoms with Gasteiger partial charge in [-0.3, -0.25) is 0 Å². The molecule has 0 aromatic heterocycles. The summed E-state index contributed by atoms with van der Waals surface area (Å²) in [5.74, 6) is -19.3. The highest BCUT2D eigenvalue weighted by molar-refractivity contribution is 5.31. The average Bonchev–Trinajstić information content (AvgIpc) is 2.52. The lowest BCUT2D eigenvalue weighted by Gasteiger charge is -2.38. The highest BCUT2D eigenvalue weighted by Gasteiger charge is 2.82. The van der Waals surface area contributed by atoms with E-state index in [1.807, 2.05) is 20.8 Å². The third kappa shape index (κ3) is 4.26. The van der Waals surface area contributed by atoms with Crippen LogP contribution in [0, 0.1) is 0 Å². The van der Waals surface area contributed by atoms with Crippen molar-refractivity contribution in [3.8, 4) is 0 Å². The quantitative estimate of drug-likeness (QED) is 0.462. The maximum Gasteiger partial charge on any atom is 0.460 e. The molecule has 28 heavy (non-hydrogen) atoms. The monoisotopic (exact) mass is 424 g/mol. The van der Waals surface area contributed by atoms with Crippen LogP contribution >= 0.6 is 0 Å². The minimum Gasteiger partial charge on any atom is -0.374 e. The molecule has 0 aliphatic heterocycles. The Morgan fingerprint density at radius 1 is 0.679 bits per heavy atom. The second-order valence-electron chi connectivity index (χ2n) is 7.79. The van der Waals surface area contributed by atoms with Gasteiger partial charge in [0.15, 0.2) is 0 Å². The predicted molar refractivity (Wildman–Crippen MR) is 85.0 cm³/mol. The Morgan fingerprint density at radius 2 is 1.07 bits per heavy atom. The molecule has 162 valence electrons. The summed E-state index contributed by atoms with van der Waals surface area (Å²) in [5, 5.41) is 0. The van der Waals surface area contributed by atoms with Crippen LogP contribution in [-0.2, 0) is 15.8 Å². The largest absolute Gasteiger partial charge is 0.460 e. The fourth-order valence-electron chi connectivity index (χ4n) is 2.56. The van der Waals surface area contributed by atoms with Crippen LogP contribution in [0.3, 0.4) is 0 Å². The van der Waals surface area contributed by atoms with E-state index in [1.54, 1.807) is 0 Å². The van der Waals surface area contributed by atoms with Crippen molar-refractivity contribution >= 4 is 0 Å². The number of benzene rings is 1. The van der Waals surface area contributed by atoms with Gasteiger partial charge in [-0.25, -0.2) is 0 Å². The number of halogens is 9. The summed E-state index contributed by atoms with van der Waals surface area (Å²) in [5.41, 5.74) is -1.89. The highest BCUT2D eigenvalue weighted by atomic mass is 19.4. The number of hydrogen-bond donors (Lipinski definition) is 0. The highest BCUT2D eigenvalue weighted by Crippen LogP contribution is 2.56. The first-order chi connectivity index (χ1) is 12.2. The number of alkyl halides is 9. The van der Waals surface area contributed by atoms with Gasteiger partial charge in [0.25, 0.3) is 0 Å². The van der Waals surface area contributed by atoms with Gasteiger partial charge in [0.2, 0.25) is 0 Å². The molecule has 1 atom stereocenters. The fraction of sp³-hybridized carbons (Fsp3) is 0.667. The van der Waals surface area contributed by atoms with Crippen LogP contribution in [0.2, 0.25) is 0 Å². The molecule has 0 aliphatic rings. The molecular weight excluding hydrogens is 403 g/mol. The van der Waals surface area contributed by atoms with Crippen molar-refractivity contribution in [2.45, 2.75) is 69.1 Å². The second-order valence-corrected chi connectivity index (χ2v) is 7.79. The van der Waals surface area contributed by atoms with Crippen LogP contribution < -0.4 is 0 Å². The number of ether oxygens (including phenoxy) is 1. The molecule has 0 saturated heterocycles. The molecule has 0 fully saturated rings. The zero-order chi connectivity index (χ0) is 22.4. The Balaban J connectivity index is 3.32. The summed E-state index contributed by atoms with van der Waals surface area (Å²) in [7, 11) is 0.869. The Kier molecular flexibility index (Phi) is 6.24. The molecule has 0 radical (unpaired) electrons. The first-order valence-corrected chi connectivity index (χ1v) is 8.09. The van der Waals surface area contributed by atoms with Crippen molar-refractivity contribution in [3.63, 3.8) is 0 Å². The van der Waals surface area contributed by atoms with E-state index >= 15 is 0 Å². The van der Waals surface area contributed by atoms with E-state index < -0.39 is 36.0 Å². The lowest BCUT2D eigenvalue weighted by molar-refractivity contribution is -0.400. The van der Waals surface area contributed by atoms with Crippen LogP contribution in [0.5, 0.6) is 0 Å². The third-order valence-corrected chi connectivity index (χ3v) is 4.58. The van der Waals surface area contributed by atoms with E-state index in [-0.39, 0.29) is 11.0 Å². The molecule has 1 aromatic rings. The smallest absolute Gasteiger partial charge is 0.374 e. The Labute approximate surface area is 156 Å². The standard InChI is InChI=1S/C18H21F9O/c1-13(2,3)11-6-8-12(9-7-11)14(4,28-5)10-15(19,20)16(21,22)17(23,24)18(25,26)27/h6-9H,10H2,1-5H3. The first-order valence-electron chi connectivity index (χ1n) is 8.09. The van der Waals surface area contributed by atoms with Crippen molar-refractivity contribution < 1.29 is 44.3 Å². The van der Waals surface area contributed by atoms with E-state index in [1.165, 1.54) is 24.3 Å². The molecule has 1 unspecified atom stereocenters. The second kappa shape index (κ2) is 7.11. The van der Waals surface area contributed by atoms with Gasteiger partial charge in [-0.15, -0.1) is 0 Å². The Morgan fingerprint density at radius 3 is 1.39 bits per heavy atom. The summed E-state index contributed by atoms with van der Waals surface area (Å²) in [6.07, 6.45) is -8.94. The van der Waals surface area contributed by atoms with Gasteiger partial charge in [-0.2, -0.15) is 39.5 Å². The fourth-order valence-corrected chi connectivity index (χ4v) is 2.56. The maximum absolute atomic E-state index is 14.1. The number of rotatable bonds is 6. The minimum atomic E-state index is -6.92. The van der Waals surface area contributed by atoms with Gasteiger partial charge in [-0.1, -0.05) is 45.0 Å². The van der Waals surface area contributed by atoms with Crippen LogP contribution in [0.4, 0.5) is 39.5 Å². The van der Waals surface area contributed by atoms with Crippen molar-refractivity contribution in [1.82, 2.24) is 0 Å². The van der Waals surface area contributed by atoms with E-state index in [0.717, 1.165) is 19.6 Å². The summed E-state index contributed by atoms with van der Waals surface area (Å²) in [6.45, 7) is 6.47. The van der Waals surface area contributed by atoms with E-state index in [9.17, 15) is 39.5 Å². The lowest BCUT2D eigenvalue weighted by Crippen LogP contribution is -2.62. The SMILES string of the molecule is COC(C)(CC(F)(F)C(F)(F)C(F)(F)C(F)(F)F)c1ccc(C(C)(C)C)cc1. The van der Waals surface area contributed by atoms with Gasteiger partial charge < -0.3 is 4.74 Å². The lowest BCUT2D eigenvalue weighted by atomic mass is 9.82. The molecule has 1 rings (SSSR count). The van der Waals surface area contributed by atoms with Crippen LogP contribution in [0.15, 0.2) is 24.3 Å². The molecule has 0 aliphatic carbocycles. The van der Waals surface area contributed by atoms with Gasteiger partial charge in [0, 0.05) is 7.11 Å². The summed E-state index contributed by atoms with van der Waals surface area (Å²) < 4.78 is 123. The minimum absolute atomic E-state index is 0.0752. The molecule has 0 N–H and O–H groups in total. The van der Waals surface area contributed by atoms with Crippen LogP contribution in [0.1, 0.15) is 45.2 Å².